The Hall–Kier alpha value is -1.23. The molecule has 3 rings (SSSR count). The first-order valence-electron chi connectivity index (χ1n) is 6.76. The Morgan fingerprint density at radius 2 is 2.39 bits per heavy atom. The minimum Gasteiger partial charge on any atom is -0.330 e. The molecule has 3 atom stereocenters. The largest absolute Gasteiger partial charge is 0.330 e. The van der Waals surface area contributed by atoms with E-state index in [1.807, 2.05) is 0 Å². The highest BCUT2D eigenvalue weighted by atomic mass is 15.5. The lowest BCUT2D eigenvalue weighted by atomic mass is 9.44. The molecule has 3 N–H and O–H groups in total. The lowest BCUT2D eigenvalue weighted by Gasteiger charge is -2.60. The molecule has 5 nitrogen and oxygen atoms in total. The monoisotopic (exact) mass is 247 g/mol. The summed E-state index contributed by atoms with van der Waals surface area (Å²) in [5.74, 6) is 1.56. The summed E-state index contributed by atoms with van der Waals surface area (Å²) in [6.07, 6.45) is 6.92. The van der Waals surface area contributed by atoms with E-state index < -0.39 is 0 Å². The minimum absolute atomic E-state index is 0.123. The molecule has 1 saturated carbocycles. The van der Waals surface area contributed by atoms with E-state index in [-0.39, 0.29) is 10.8 Å². The van der Waals surface area contributed by atoms with Gasteiger partial charge in [0.2, 0.25) is 0 Å². The highest BCUT2D eigenvalue weighted by Crippen LogP contribution is 2.67. The van der Waals surface area contributed by atoms with Crippen LogP contribution < -0.4 is 5.73 Å². The molecule has 5 heteroatoms. The van der Waals surface area contributed by atoms with E-state index >= 15 is 0 Å². The second kappa shape index (κ2) is 3.88. The summed E-state index contributed by atoms with van der Waals surface area (Å²) in [6, 6.07) is 0. The number of nitrogens with zero attached hydrogens (tertiary/aromatic N) is 3. The maximum absolute atomic E-state index is 6.10. The lowest BCUT2D eigenvalue weighted by molar-refractivity contribution is -0.0796. The quantitative estimate of drug-likeness (QED) is 0.789. The van der Waals surface area contributed by atoms with Crippen LogP contribution in [0.4, 0.5) is 0 Å². The molecule has 0 saturated heterocycles. The van der Waals surface area contributed by atoms with Crippen LogP contribution in [0.25, 0.3) is 0 Å². The van der Waals surface area contributed by atoms with Crippen LogP contribution in [0.2, 0.25) is 0 Å². The van der Waals surface area contributed by atoms with Crippen LogP contribution in [-0.2, 0) is 6.42 Å². The Labute approximate surface area is 107 Å². The molecule has 0 unspecified atom stereocenters. The third-order valence-electron chi connectivity index (χ3n) is 5.37. The number of hydrogen-bond acceptors (Lipinski definition) is 4. The number of aromatic amines is 1. The topological polar surface area (TPSA) is 80.5 Å². The first-order chi connectivity index (χ1) is 8.63. The van der Waals surface area contributed by atoms with Crippen molar-refractivity contribution in [3.63, 3.8) is 0 Å². The molecule has 1 heterocycles. The molecule has 0 aromatic carbocycles. The number of hydrogen-bond donors (Lipinski definition) is 2. The van der Waals surface area contributed by atoms with Crippen molar-refractivity contribution >= 4 is 0 Å². The Morgan fingerprint density at radius 3 is 3.00 bits per heavy atom. The van der Waals surface area contributed by atoms with Gasteiger partial charge < -0.3 is 5.73 Å². The van der Waals surface area contributed by atoms with Crippen molar-refractivity contribution < 1.29 is 0 Å². The molecular weight excluding hydrogens is 226 g/mol. The molecule has 1 aromatic rings. The zero-order valence-corrected chi connectivity index (χ0v) is 11.1. The molecule has 0 radical (unpaired) electrons. The van der Waals surface area contributed by atoms with Crippen molar-refractivity contribution in [1.82, 2.24) is 20.6 Å². The molecule has 2 aliphatic carbocycles. The normalized spacial score (nSPS) is 38.2. The molecule has 0 aliphatic heterocycles. The molecule has 98 valence electrons. The second-order valence-electron chi connectivity index (χ2n) is 6.03. The highest BCUT2D eigenvalue weighted by molar-refractivity contribution is 5.30. The standard InChI is InChI=1S/C13H21N5/c1-3-9-4-10-6-13(8-14,12(10,2)5-9)7-11-15-17-18-16-11/h5,10H,3-4,6-8,14H2,1-2H3,(H,15,16,17,18)/t10-,12-,13-/m0/s1. The molecule has 0 bridgehead atoms. The van der Waals surface area contributed by atoms with E-state index in [2.05, 4.69) is 40.5 Å². The van der Waals surface area contributed by atoms with Gasteiger partial charge in [0.05, 0.1) is 0 Å². The molecule has 0 spiro atoms. The van der Waals surface area contributed by atoms with Crippen LogP contribution in [0, 0.1) is 16.7 Å². The molecule has 2 aliphatic rings. The zero-order chi connectivity index (χ0) is 12.8. The SMILES string of the molecule is CCC1=C[C@@]2(C)[C@@H](C1)C[C@@]2(CN)Cc1nn[nH]n1. The third kappa shape index (κ3) is 1.40. The summed E-state index contributed by atoms with van der Waals surface area (Å²) in [7, 11) is 0. The van der Waals surface area contributed by atoms with Crippen LogP contribution in [-0.4, -0.2) is 27.2 Å². The average Bonchev–Trinajstić information content (AvgIpc) is 2.95. The van der Waals surface area contributed by atoms with Crippen molar-refractivity contribution in [2.45, 2.75) is 39.5 Å². The number of allylic oxidation sites excluding steroid dienone is 2. The van der Waals surface area contributed by atoms with E-state index in [4.69, 9.17) is 5.73 Å². The van der Waals surface area contributed by atoms with Gasteiger partial charge >= 0.3 is 0 Å². The number of aromatic nitrogens is 4. The maximum Gasteiger partial charge on any atom is 0.175 e. The maximum atomic E-state index is 6.10. The molecule has 0 amide bonds. The van der Waals surface area contributed by atoms with Crippen LogP contribution in [0.5, 0.6) is 0 Å². The fourth-order valence-electron chi connectivity index (χ4n) is 4.00. The van der Waals surface area contributed by atoms with Crippen LogP contribution in [0.1, 0.15) is 38.9 Å². The van der Waals surface area contributed by atoms with E-state index in [1.165, 1.54) is 12.8 Å². The first-order valence-corrected chi connectivity index (χ1v) is 6.76. The summed E-state index contributed by atoms with van der Waals surface area (Å²) in [5, 5.41) is 14.4. The molecule has 1 fully saturated rings. The van der Waals surface area contributed by atoms with Gasteiger partial charge in [-0.25, -0.2) is 0 Å². The summed E-state index contributed by atoms with van der Waals surface area (Å²) in [6.45, 7) is 5.29. The lowest BCUT2D eigenvalue weighted by Crippen LogP contribution is -2.59. The summed E-state index contributed by atoms with van der Waals surface area (Å²) in [4.78, 5) is 0. The number of tetrazole rings is 1. The summed E-state index contributed by atoms with van der Waals surface area (Å²) >= 11 is 0. The average molecular weight is 247 g/mol. The number of nitrogens with two attached hydrogens (primary N) is 1. The van der Waals surface area contributed by atoms with Crippen molar-refractivity contribution in [2.24, 2.45) is 22.5 Å². The van der Waals surface area contributed by atoms with Crippen molar-refractivity contribution in [1.29, 1.82) is 0 Å². The van der Waals surface area contributed by atoms with Gasteiger partial charge in [-0.15, -0.1) is 10.2 Å². The fourth-order valence-corrected chi connectivity index (χ4v) is 4.00. The second-order valence-corrected chi connectivity index (χ2v) is 6.03. The Balaban J connectivity index is 1.88. The van der Waals surface area contributed by atoms with Crippen molar-refractivity contribution in [3.8, 4) is 0 Å². The Morgan fingerprint density at radius 1 is 1.56 bits per heavy atom. The molecule has 18 heavy (non-hydrogen) atoms. The van der Waals surface area contributed by atoms with Crippen molar-refractivity contribution in [3.05, 3.63) is 17.5 Å². The van der Waals surface area contributed by atoms with Gasteiger partial charge in [-0.05, 0) is 42.6 Å². The predicted molar refractivity (Wildman–Crippen MR) is 68.6 cm³/mol. The van der Waals surface area contributed by atoms with Crippen LogP contribution in [0.15, 0.2) is 11.6 Å². The third-order valence-corrected chi connectivity index (χ3v) is 5.37. The summed E-state index contributed by atoms with van der Waals surface area (Å²) < 4.78 is 0. The van der Waals surface area contributed by atoms with Crippen LogP contribution >= 0.6 is 0 Å². The van der Waals surface area contributed by atoms with Gasteiger partial charge in [-0.1, -0.05) is 30.7 Å². The van der Waals surface area contributed by atoms with Gasteiger partial charge in [0.15, 0.2) is 5.82 Å². The van der Waals surface area contributed by atoms with E-state index in [9.17, 15) is 0 Å². The number of H-pyrrole nitrogens is 1. The van der Waals surface area contributed by atoms with Gasteiger partial charge in [0, 0.05) is 6.42 Å². The molecular formula is C13H21N5. The highest BCUT2D eigenvalue weighted by Gasteiger charge is 2.62. The number of fused-ring (bicyclic) bond motifs is 1. The van der Waals surface area contributed by atoms with Gasteiger partial charge in [-0.2, -0.15) is 5.21 Å². The Kier molecular flexibility index (Phi) is 2.55. The first kappa shape index (κ1) is 11.8. The molecule has 1 aromatic heterocycles. The Bertz CT molecular complexity index is 466. The van der Waals surface area contributed by atoms with Gasteiger partial charge in [-0.3, -0.25) is 0 Å². The number of rotatable bonds is 4. The zero-order valence-electron chi connectivity index (χ0n) is 11.1. The van der Waals surface area contributed by atoms with E-state index in [0.717, 1.165) is 24.6 Å². The summed E-state index contributed by atoms with van der Waals surface area (Å²) in [5.41, 5.74) is 8.04. The van der Waals surface area contributed by atoms with Gasteiger partial charge in [0.1, 0.15) is 0 Å². The smallest absolute Gasteiger partial charge is 0.175 e. The minimum atomic E-state index is 0.123. The predicted octanol–water partition coefficient (Wildman–Crippen LogP) is 1.45. The van der Waals surface area contributed by atoms with Crippen molar-refractivity contribution in [2.75, 3.05) is 6.54 Å². The van der Waals surface area contributed by atoms with Crippen LogP contribution in [0.3, 0.4) is 0 Å². The van der Waals surface area contributed by atoms with E-state index in [0.29, 0.717) is 6.54 Å². The van der Waals surface area contributed by atoms with E-state index in [1.54, 1.807) is 5.57 Å². The van der Waals surface area contributed by atoms with Gasteiger partial charge in [0.25, 0.3) is 0 Å². The number of nitrogens with one attached hydrogen (secondary N) is 1. The fraction of sp³-hybridized carbons (Fsp3) is 0.769.